The number of hydrazine groups is 1. The summed E-state index contributed by atoms with van der Waals surface area (Å²) in [5.41, 5.74) is 8.37. The molecular weight excluding hydrogens is 420 g/mol. The maximum absolute atomic E-state index is 13.4. The molecule has 4 fully saturated rings. The zero-order valence-electron chi connectivity index (χ0n) is 19.6. The lowest BCUT2D eigenvalue weighted by molar-refractivity contribution is -0.149. The van der Waals surface area contributed by atoms with Gasteiger partial charge in [0.15, 0.2) is 5.11 Å². The Bertz CT molecular complexity index is 878. The maximum Gasteiger partial charge on any atom is 0.261 e. The van der Waals surface area contributed by atoms with Gasteiger partial charge in [0.05, 0.1) is 0 Å². The Labute approximate surface area is 196 Å². The molecule has 4 saturated carbocycles. The minimum absolute atomic E-state index is 0.0322. The van der Waals surface area contributed by atoms with Gasteiger partial charge in [-0.1, -0.05) is 26.0 Å². The van der Waals surface area contributed by atoms with Crippen molar-refractivity contribution >= 4 is 34.8 Å². The van der Waals surface area contributed by atoms with Crippen molar-refractivity contribution in [1.29, 1.82) is 0 Å². The fraction of sp³-hybridized carbons (Fsp3) is 0.640. The number of carbonyl (C=O) groups excluding carboxylic acids is 2. The van der Waals surface area contributed by atoms with Gasteiger partial charge in [-0.15, -0.1) is 0 Å². The molecule has 0 spiro atoms. The molecule has 32 heavy (non-hydrogen) atoms. The van der Waals surface area contributed by atoms with Gasteiger partial charge in [-0.25, -0.2) is 0 Å². The second-order valence-electron chi connectivity index (χ2n) is 10.7. The first-order valence-electron chi connectivity index (χ1n) is 11.9. The molecule has 6 nitrogen and oxygen atoms in total. The smallest absolute Gasteiger partial charge is 0.261 e. The summed E-state index contributed by atoms with van der Waals surface area (Å²) < 4.78 is 0. The molecule has 5 rings (SSSR count). The first kappa shape index (κ1) is 23.0. The second kappa shape index (κ2) is 9.00. The van der Waals surface area contributed by atoms with E-state index in [2.05, 4.69) is 21.5 Å². The zero-order chi connectivity index (χ0) is 23.0. The van der Waals surface area contributed by atoms with Crippen LogP contribution in [0.1, 0.15) is 63.5 Å². The number of benzene rings is 1. The Hall–Kier alpha value is -2.15. The number of thiocarbonyl (C=S) groups is 1. The van der Waals surface area contributed by atoms with E-state index >= 15 is 0 Å². The maximum atomic E-state index is 13.4. The van der Waals surface area contributed by atoms with Gasteiger partial charge in [-0.05, 0) is 105 Å². The van der Waals surface area contributed by atoms with Crippen molar-refractivity contribution in [3.8, 4) is 0 Å². The summed E-state index contributed by atoms with van der Waals surface area (Å²) >= 11 is 5.35. The molecule has 1 atom stereocenters. The number of amides is 2. The summed E-state index contributed by atoms with van der Waals surface area (Å²) in [6.45, 7) is 7.97. The summed E-state index contributed by atoms with van der Waals surface area (Å²) in [7, 11) is 0. The minimum atomic E-state index is -0.605. The fourth-order valence-electron chi connectivity index (χ4n) is 6.45. The number of hydrogen-bond donors (Lipinski definition) is 4. The number of aryl methyl sites for hydroxylation is 1. The van der Waals surface area contributed by atoms with E-state index in [0.29, 0.717) is 22.9 Å². The number of rotatable bonds is 5. The molecule has 4 aliphatic carbocycles. The fourth-order valence-corrected chi connectivity index (χ4v) is 6.62. The summed E-state index contributed by atoms with van der Waals surface area (Å²) in [6.07, 6.45) is 6.82. The molecule has 0 saturated heterocycles. The molecule has 0 aliphatic heterocycles. The molecule has 4 N–H and O–H groups in total. The number of anilines is 1. The van der Waals surface area contributed by atoms with Gasteiger partial charge in [0.25, 0.3) is 5.91 Å². The van der Waals surface area contributed by atoms with Crippen LogP contribution in [0.2, 0.25) is 0 Å². The summed E-state index contributed by atoms with van der Waals surface area (Å²) in [4.78, 5) is 26.4. The van der Waals surface area contributed by atoms with Gasteiger partial charge >= 0.3 is 0 Å². The Morgan fingerprint density at radius 2 is 1.59 bits per heavy atom. The molecule has 2 amide bonds. The topological polar surface area (TPSA) is 82.3 Å². The van der Waals surface area contributed by atoms with Crippen molar-refractivity contribution in [1.82, 2.24) is 16.2 Å². The normalized spacial score (nSPS) is 28.8. The molecule has 1 unspecified atom stereocenters. The van der Waals surface area contributed by atoms with Crippen LogP contribution >= 0.6 is 12.2 Å². The highest BCUT2D eigenvalue weighted by atomic mass is 32.1. The van der Waals surface area contributed by atoms with E-state index in [1.165, 1.54) is 19.3 Å². The van der Waals surface area contributed by atoms with E-state index in [9.17, 15) is 9.59 Å². The van der Waals surface area contributed by atoms with Gasteiger partial charge in [0, 0.05) is 11.1 Å². The van der Waals surface area contributed by atoms with Crippen LogP contribution in [0.5, 0.6) is 0 Å². The third-order valence-electron chi connectivity index (χ3n) is 7.91. The van der Waals surface area contributed by atoms with Crippen LogP contribution in [-0.4, -0.2) is 23.0 Å². The van der Waals surface area contributed by atoms with Crippen LogP contribution in [0.25, 0.3) is 0 Å². The minimum Gasteiger partial charge on any atom is -0.344 e. The quantitative estimate of drug-likeness (QED) is 0.398. The molecule has 4 aliphatic rings. The largest absolute Gasteiger partial charge is 0.344 e. The van der Waals surface area contributed by atoms with Crippen LogP contribution in [-0.2, 0) is 9.59 Å². The van der Waals surface area contributed by atoms with Crippen LogP contribution in [0.3, 0.4) is 0 Å². The molecule has 4 bridgehead atoms. The summed E-state index contributed by atoms with van der Waals surface area (Å²) in [5, 5.41) is 6.54. The van der Waals surface area contributed by atoms with E-state index in [1.54, 1.807) is 0 Å². The van der Waals surface area contributed by atoms with Gasteiger partial charge < -0.3 is 10.6 Å². The highest BCUT2D eigenvalue weighted by molar-refractivity contribution is 7.80. The summed E-state index contributed by atoms with van der Waals surface area (Å²) in [5.74, 6) is 1.83. The first-order valence-corrected chi connectivity index (χ1v) is 12.3. The molecule has 7 heteroatoms. The van der Waals surface area contributed by atoms with Crippen molar-refractivity contribution in [2.45, 2.75) is 72.3 Å². The van der Waals surface area contributed by atoms with Gasteiger partial charge in [0.1, 0.15) is 6.04 Å². The average molecular weight is 457 g/mol. The predicted octanol–water partition coefficient (Wildman–Crippen LogP) is 3.98. The van der Waals surface area contributed by atoms with Crippen LogP contribution in [0.15, 0.2) is 18.2 Å². The van der Waals surface area contributed by atoms with E-state index < -0.39 is 6.04 Å². The van der Waals surface area contributed by atoms with Crippen molar-refractivity contribution in [2.24, 2.45) is 29.1 Å². The molecule has 0 radical (unpaired) electrons. The zero-order valence-corrected chi connectivity index (χ0v) is 20.4. The third-order valence-corrected chi connectivity index (χ3v) is 8.11. The van der Waals surface area contributed by atoms with Gasteiger partial charge in [-0.3, -0.25) is 20.4 Å². The van der Waals surface area contributed by atoms with Gasteiger partial charge in [0.2, 0.25) is 5.91 Å². The third kappa shape index (κ3) is 4.63. The number of carbonyl (C=O) groups is 2. The van der Waals surface area contributed by atoms with Crippen LogP contribution < -0.4 is 21.5 Å². The highest BCUT2D eigenvalue weighted by Gasteiger charge is 2.55. The van der Waals surface area contributed by atoms with E-state index in [0.717, 1.165) is 36.1 Å². The molecule has 0 aromatic heterocycles. The average Bonchev–Trinajstić information content (AvgIpc) is 2.72. The van der Waals surface area contributed by atoms with Crippen LogP contribution in [0.4, 0.5) is 5.69 Å². The van der Waals surface area contributed by atoms with E-state index in [1.807, 2.05) is 45.9 Å². The van der Waals surface area contributed by atoms with Crippen molar-refractivity contribution in [3.63, 3.8) is 0 Å². The lowest BCUT2D eigenvalue weighted by Crippen LogP contribution is -2.60. The molecule has 0 heterocycles. The SMILES string of the molecule is Cc1cccc(NC(=S)NNC(=O)C(NC(=O)C23CC4CC(CC(C4)C2)C3)C(C)C)c1C. The monoisotopic (exact) mass is 456 g/mol. The molecule has 1 aromatic rings. The van der Waals surface area contributed by atoms with E-state index in [-0.39, 0.29) is 23.1 Å². The number of nitrogens with one attached hydrogen (secondary N) is 4. The number of hydrogen-bond acceptors (Lipinski definition) is 3. The van der Waals surface area contributed by atoms with Crippen molar-refractivity contribution in [3.05, 3.63) is 29.3 Å². The summed E-state index contributed by atoms with van der Waals surface area (Å²) in [6, 6.07) is 5.34. The van der Waals surface area contributed by atoms with Gasteiger partial charge in [-0.2, -0.15) is 0 Å². The Morgan fingerprint density at radius 1 is 1.00 bits per heavy atom. The Morgan fingerprint density at radius 3 is 2.16 bits per heavy atom. The highest BCUT2D eigenvalue weighted by Crippen LogP contribution is 2.60. The Balaban J connectivity index is 1.34. The Kier molecular flexibility index (Phi) is 6.48. The standard InChI is InChI=1S/C25H36N4O2S/c1-14(2)21(22(30)28-29-24(32)26-20-7-5-6-15(3)16(20)4)27-23(31)25-11-17-8-18(12-25)10-19(9-17)13-25/h5-7,14,17-19,21H,8-13H2,1-4H3,(H,27,31)(H,28,30)(H2,26,29,32). The van der Waals surface area contributed by atoms with Crippen molar-refractivity contribution in [2.75, 3.05) is 5.32 Å². The lowest BCUT2D eigenvalue weighted by Gasteiger charge is -2.55. The van der Waals surface area contributed by atoms with E-state index in [4.69, 9.17) is 12.2 Å². The first-order chi connectivity index (χ1) is 15.2. The lowest BCUT2D eigenvalue weighted by atomic mass is 9.49. The second-order valence-corrected chi connectivity index (χ2v) is 11.1. The van der Waals surface area contributed by atoms with Crippen LogP contribution in [0, 0.1) is 42.9 Å². The predicted molar refractivity (Wildman–Crippen MR) is 131 cm³/mol. The molecule has 1 aromatic carbocycles. The van der Waals surface area contributed by atoms with Crippen molar-refractivity contribution < 1.29 is 9.59 Å². The molecule has 174 valence electrons. The molecular formula is C25H36N4O2S.